The van der Waals surface area contributed by atoms with Gasteiger partial charge in [-0.25, -0.2) is 0 Å². The van der Waals surface area contributed by atoms with Crippen molar-refractivity contribution < 1.29 is 19.4 Å². The molecule has 0 amide bonds. The van der Waals surface area contributed by atoms with Gasteiger partial charge in [-0.15, -0.1) is 0 Å². The maximum absolute atomic E-state index is 11.7. The summed E-state index contributed by atoms with van der Waals surface area (Å²) in [5, 5.41) is 9.82. The van der Waals surface area contributed by atoms with Crippen molar-refractivity contribution in [2.24, 2.45) is 0 Å². The molecule has 0 aliphatic rings. The van der Waals surface area contributed by atoms with Gasteiger partial charge in [0.2, 0.25) is 0 Å². The number of hydrogen-bond donors (Lipinski definition) is 2. The summed E-state index contributed by atoms with van der Waals surface area (Å²) in [4.78, 5) is 11.7. The molecule has 1 N–H and O–H groups in total. The number of carbonyl (C=O) groups is 1. The second-order valence-electron chi connectivity index (χ2n) is 5.74. The zero-order valence-corrected chi connectivity index (χ0v) is 16.3. The summed E-state index contributed by atoms with van der Waals surface area (Å²) in [5.74, 6) is 2.63. The van der Waals surface area contributed by atoms with Crippen LogP contribution in [0.5, 0.6) is 5.75 Å². The lowest BCUT2D eigenvalue weighted by molar-refractivity contribution is -0.146. The molecule has 4 nitrogen and oxygen atoms in total. The fourth-order valence-corrected chi connectivity index (χ4v) is 3.25. The van der Waals surface area contributed by atoms with Gasteiger partial charge in [0, 0.05) is 17.3 Å². The van der Waals surface area contributed by atoms with Gasteiger partial charge in [-0.1, -0.05) is 42.5 Å². The number of ether oxygens (including phenoxy) is 2. The number of para-hydroxylation sites is 1. The Kier molecular flexibility index (Phi) is 9.45. The van der Waals surface area contributed by atoms with E-state index in [1.165, 1.54) is 11.1 Å². The number of benzene rings is 2. The van der Waals surface area contributed by atoms with Gasteiger partial charge in [0.25, 0.3) is 0 Å². The summed E-state index contributed by atoms with van der Waals surface area (Å²) in [6.07, 6.45) is -0.515. The molecule has 0 radical (unpaired) electrons. The molecular formula is C20H24O4S2. The molecule has 26 heavy (non-hydrogen) atoms. The molecule has 0 fully saturated rings. The van der Waals surface area contributed by atoms with Crippen molar-refractivity contribution >= 4 is 30.4 Å². The van der Waals surface area contributed by atoms with Crippen LogP contribution in [0.25, 0.3) is 0 Å². The summed E-state index contributed by atoms with van der Waals surface area (Å²) in [6.45, 7) is 0.0356. The van der Waals surface area contributed by atoms with Crippen LogP contribution in [-0.2, 0) is 21.0 Å². The van der Waals surface area contributed by atoms with Gasteiger partial charge in [0.05, 0.1) is 6.42 Å². The van der Waals surface area contributed by atoms with E-state index >= 15 is 0 Å². The maximum Gasteiger partial charge on any atom is 0.306 e. The molecule has 140 valence electrons. The molecule has 0 aliphatic heterocycles. The Hall–Kier alpha value is -1.63. The lowest BCUT2D eigenvalue weighted by Gasteiger charge is -2.12. The molecule has 2 aromatic carbocycles. The fraction of sp³-hybridized carbons (Fsp3) is 0.350. The first-order valence-electron chi connectivity index (χ1n) is 8.45. The summed E-state index contributed by atoms with van der Waals surface area (Å²) in [7, 11) is 0. The fourth-order valence-electron chi connectivity index (χ4n) is 2.18. The molecule has 0 spiro atoms. The average Bonchev–Trinajstić information content (AvgIpc) is 2.69. The number of thiol groups is 1. The Bertz CT molecular complexity index is 664. The van der Waals surface area contributed by atoms with E-state index in [-0.39, 0.29) is 19.2 Å². The number of hydrogen-bond acceptors (Lipinski definition) is 6. The van der Waals surface area contributed by atoms with E-state index in [4.69, 9.17) is 9.47 Å². The van der Waals surface area contributed by atoms with Crippen LogP contribution in [0.1, 0.15) is 17.5 Å². The van der Waals surface area contributed by atoms with Crippen molar-refractivity contribution in [1.82, 2.24) is 0 Å². The predicted octanol–water partition coefficient (Wildman–Crippen LogP) is 3.72. The van der Waals surface area contributed by atoms with Crippen LogP contribution in [0.4, 0.5) is 0 Å². The van der Waals surface area contributed by atoms with Crippen LogP contribution in [0.3, 0.4) is 0 Å². The summed E-state index contributed by atoms with van der Waals surface area (Å²) >= 11 is 5.95. The third kappa shape index (κ3) is 8.17. The lowest BCUT2D eigenvalue weighted by Crippen LogP contribution is -2.25. The van der Waals surface area contributed by atoms with Gasteiger partial charge in [0.1, 0.15) is 25.1 Å². The summed E-state index contributed by atoms with van der Waals surface area (Å²) in [5.41, 5.74) is 2.42. The second-order valence-corrected chi connectivity index (χ2v) is 7.16. The van der Waals surface area contributed by atoms with Crippen molar-refractivity contribution in [3.8, 4) is 5.75 Å². The Morgan fingerprint density at radius 3 is 2.62 bits per heavy atom. The SMILES string of the molecule is O=C(CCSCc1cccc(CS)c1)OCC(O)COc1ccccc1. The minimum absolute atomic E-state index is 0.0552. The Balaban J connectivity index is 1.55. The molecule has 1 atom stereocenters. The number of carbonyl (C=O) groups excluding carboxylic acids is 1. The van der Waals surface area contributed by atoms with Crippen molar-refractivity contribution in [2.45, 2.75) is 24.0 Å². The van der Waals surface area contributed by atoms with Crippen LogP contribution in [0.15, 0.2) is 54.6 Å². The highest BCUT2D eigenvalue weighted by Gasteiger charge is 2.10. The normalized spacial score (nSPS) is 11.8. The van der Waals surface area contributed by atoms with E-state index in [2.05, 4.69) is 24.8 Å². The van der Waals surface area contributed by atoms with Gasteiger partial charge in [-0.3, -0.25) is 4.79 Å². The molecule has 0 bridgehead atoms. The Labute approximate surface area is 164 Å². The Morgan fingerprint density at radius 1 is 1.08 bits per heavy atom. The van der Waals surface area contributed by atoms with E-state index in [0.29, 0.717) is 17.9 Å². The van der Waals surface area contributed by atoms with E-state index in [9.17, 15) is 9.90 Å². The molecule has 2 rings (SSSR count). The zero-order valence-electron chi connectivity index (χ0n) is 14.5. The molecule has 0 saturated heterocycles. The molecule has 0 aromatic heterocycles. The highest BCUT2D eigenvalue weighted by atomic mass is 32.2. The third-order valence-corrected chi connectivity index (χ3v) is 4.91. The molecule has 0 aliphatic carbocycles. The number of aliphatic hydroxyl groups excluding tert-OH is 1. The highest BCUT2D eigenvalue weighted by Crippen LogP contribution is 2.16. The van der Waals surface area contributed by atoms with Crippen LogP contribution < -0.4 is 4.74 Å². The summed E-state index contributed by atoms with van der Waals surface area (Å²) in [6, 6.07) is 17.5. The van der Waals surface area contributed by atoms with Crippen molar-refractivity contribution in [3.63, 3.8) is 0 Å². The Morgan fingerprint density at radius 2 is 1.85 bits per heavy atom. The monoisotopic (exact) mass is 392 g/mol. The number of thioether (sulfide) groups is 1. The molecular weight excluding hydrogens is 368 g/mol. The van der Waals surface area contributed by atoms with Gasteiger partial charge >= 0.3 is 5.97 Å². The van der Waals surface area contributed by atoms with Gasteiger partial charge in [0.15, 0.2) is 0 Å². The quantitative estimate of drug-likeness (QED) is 0.347. The number of rotatable bonds is 11. The summed E-state index contributed by atoms with van der Waals surface area (Å²) < 4.78 is 10.5. The minimum Gasteiger partial charge on any atom is -0.491 e. The van der Waals surface area contributed by atoms with Crippen molar-refractivity contribution in [3.05, 3.63) is 65.7 Å². The van der Waals surface area contributed by atoms with Gasteiger partial charge in [-0.2, -0.15) is 24.4 Å². The topological polar surface area (TPSA) is 55.8 Å². The smallest absolute Gasteiger partial charge is 0.306 e. The van der Waals surface area contributed by atoms with Gasteiger partial charge < -0.3 is 14.6 Å². The third-order valence-electron chi connectivity index (χ3n) is 3.52. The van der Waals surface area contributed by atoms with E-state index in [0.717, 1.165) is 11.5 Å². The number of esters is 1. The lowest BCUT2D eigenvalue weighted by atomic mass is 10.2. The van der Waals surface area contributed by atoms with Crippen molar-refractivity contribution in [2.75, 3.05) is 19.0 Å². The second kappa shape index (κ2) is 11.9. The van der Waals surface area contributed by atoms with E-state index in [1.54, 1.807) is 11.8 Å². The predicted molar refractivity (Wildman–Crippen MR) is 109 cm³/mol. The number of aliphatic hydroxyl groups is 1. The van der Waals surface area contributed by atoms with Crippen LogP contribution >= 0.6 is 24.4 Å². The first kappa shape index (κ1) is 20.7. The molecule has 0 saturated carbocycles. The highest BCUT2D eigenvalue weighted by molar-refractivity contribution is 7.98. The van der Waals surface area contributed by atoms with Gasteiger partial charge in [-0.05, 0) is 23.3 Å². The van der Waals surface area contributed by atoms with Crippen LogP contribution in [0, 0.1) is 0 Å². The average molecular weight is 393 g/mol. The first-order valence-corrected chi connectivity index (χ1v) is 10.2. The largest absolute Gasteiger partial charge is 0.491 e. The molecule has 6 heteroatoms. The molecule has 0 heterocycles. The van der Waals surface area contributed by atoms with E-state index in [1.807, 2.05) is 42.5 Å². The van der Waals surface area contributed by atoms with Crippen LogP contribution in [-0.4, -0.2) is 36.1 Å². The standard InChI is InChI=1S/C20H24O4S2/c21-18(12-23-19-7-2-1-3-8-19)13-24-20(22)9-10-26-15-17-6-4-5-16(11-17)14-25/h1-8,11,18,21,25H,9-10,12-15H2. The first-order chi connectivity index (χ1) is 12.7. The maximum atomic E-state index is 11.7. The van der Waals surface area contributed by atoms with Crippen LogP contribution in [0.2, 0.25) is 0 Å². The minimum atomic E-state index is -0.837. The molecule has 2 aromatic rings. The van der Waals surface area contributed by atoms with E-state index < -0.39 is 6.10 Å². The van der Waals surface area contributed by atoms with Crippen molar-refractivity contribution in [1.29, 1.82) is 0 Å². The zero-order chi connectivity index (χ0) is 18.6. The molecule has 1 unspecified atom stereocenters.